The molecule has 1 atom stereocenters. The molecule has 1 unspecified atom stereocenters. The van der Waals surface area contributed by atoms with Gasteiger partial charge in [-0.1, -0.05) is 42.5 Å². The minimum absolute atomic E-state index is 0.0250. The molecule has 36 heavy (non-hydrogen) atoms. The van der Waals surface area contributed by atoms with E-state index in [0.717, 1.165) is 24.1 Å². The van der Waals surface area contributed by atoms with Crippen LogP contribution in [0.2, 0.25) is 0 Å². The summed E-state index contributed by atoms with van der Waals surface area (Å²) in [5, 5.41) is 2.08. The molecule has 2 aliphatic heterocycles. The van der Waals surface area contributed by atoms with Gasteiger partial charge in [-0.2, -0.15) is 4.31 Å². The second kappa shape index (κ2) is 10.8. The van der Waals surface area contributed by atoms with E-state index in [4.69, 9.17) is 0 Å². The fraction of sp³-hybridized carbons (Fsp3) is 0.370. The smallest absolute Gasteiger partial charge is 0.223 e. The van der Waals surface area contributed by atoms with E-state index >= 15 is 0 Å². The van der Waals surface area contributed by atoms with Gasteiger partial charge < -0.3 is 4.90 Å². The molecule has 2 aromatic carbocycles. The van der Waals surface area contributed by atoms with Crippen LogP contribution in [-0.4, -0.2) is 67.7 Å². The number of amides is 1. The predicted octanol–water partition coefficient (Wildman–Crippen LogP) is 3.90. The Balaban J connectivity index is 1.19. The van der Waals surface area contributed by atoms with Crippen LogP contribution in [0.3, 0.4) is 0 Å². The average Bonchev–Trinajstić information content (AvgIpc) is 3.36. The molecule has 1 aromatic heterocycles. The largest absolute Gasteiger partial charge is 0.340 e. The third-order valence-corrected chi connectivity index (χ3v) is 9.87. The molecule has 190 valence electrons. The van der Waals surface area contributed by atoms with Crippen LogP contribution in [0.15, 0.2) is 66.0 Å². The average molecular weight is 528 g/mol. The standard InChI is InChI=1S/C27H30FN3O3S2/c28-23-8-4-7-22(19-23)27-24-11-18-35-25(24)9-12-30(27)13-10-26(32)29-14-16-31(17-15-29)36(33,34)20-21-5-2-1-3-6-21/h1-8,11,18-19,27H,9-10,12-17,20H2. The number of hydrogen-bond acceptors (Lipinski definition) is 5. The SMILES string of the molecule is O=C(CCN1CCc2sccc2C1c1cccc(F)c1)N1CCN(S(=O)(=O)Cc2ccccc2)CC1. The molecule has 9 heteroatoms. The summed E-state index contributed by atoms with van der Waals surface area (Å²) >= 11 is 1.73. The van der Waals surface area contributed by atoms with Crippen LogP contribution >= 0.6 is 11.3 Å². The summed E-state index contributed by atoms with van der Waals surface area (Å²) in [6.45, 7) is 2.81. The van der Waals surface area contributed by atoms with Crippen LogP contribution < -0.4 is 0 Å². The van der Waals surface area contributed by atoms with E-state index in [9.17, 15) is 17.6 Å². The summed E-state index contributed by atoms with van der Waals surface area (Å²) < 4.78 is 41.2. The lowest BCUT2D eigenvalue weighted by molar-refractivity contribution is -0.132. The van der Waals surface area contributed by atoms with Gasteiger partial charge >= 0.3 is 0 Å². The lowest BCUT2D eigenvalue weighted by Crippen LogP contribution is -2.51. The minimum Gasteiger partial charge on any atom is -0.340 e. The summed E-state index contributed by atoms with van der Waals surface area (Å²) in [6, 6.07) is 17.9. The Hall–Kier alpha value is -2.59. The summed E-state index contributed by atoms with van der Waals surface area (Å²) in [4.78, 5) is 18.4. The van der Waals surface area contributed by atoms with Crippen molar-refractivity contribution in [1.29, 1.82) is 0 Å². The van der Waals surface area contributed by atoms with Gasteiger partial charge in [0.2, 0.25) is 15.9 Å². The molecule has 1 saturated heterocycles. The highest BCUT2D eigenvalue weighted by atomic mass is 32.2. The van der Waals surface area contributed by atoms with E-state index in [1.54, 1.807) is 28.4 Å². The zero-order chi connectivity index (χ0) is 25.1. The number of rotatable bonds is 7. The first-order valence-electron chi connectivity index (χ1n) is 12.3. The fourth-order valence-corrected chi connectivity index (χ4v) is 7.59. The Kier molecular flexibility index (Phi) is 7.52. The molecule has 1 fully saturated rings. The quantitative estimate of drug-likeness (QED) is 0.468. The van der Waals surface area contributed by atoms with Crippen molar-refractivity contribution in [3.63, 3.8) is 0 Å². The molecular formula is C27H30FN3O3S2. The topological polar surface area (TPSA) is 60.9 Å². The molecule has 3 heterocycles. The number of sulfonamides is 1. The lowest BCUT2D eigenvalue weighted by atomic mass is 9.93. The number of carbonyl (C=O) groups excluding carboxylic acids is 1. The number of piperazine rings is 1. The number of carbonyl (C=O) groups is 1. The van der Waals surface area contributed by atoms with Crippen molar-refractivity contribution in [2.75, 3.05) is 39.3 Å². The van der Waals surface area contributed by atoms with Crippen LogP contribution in [-0.2, 0) is 27.0 Å². The molecule has 6 nitrogen and oxygen atoms in total. The number of benzene rings is 2. The highest BCUT2D eigenvalue weighted by molar-refractivity contribution is 7.88. The van der Waals surface area contributed by atoms with Gasteiger partial charge in [0.1, 0.15) is 5.82 Å². The highest BCUT2D eigenvalue weighted by Gasteiger charge is 2.32. The van der Waals surface area contributed by atoms with E-state index in [-0.39, 0.29) is 23.5 Å². The van der Waals surface area contributed by atoms with Crippen molar-refractivity contribution in [3.8, 4) is 0 Å². The number of thiophene rings is 1. The molecule has 3 aromatic rings. The second-order valence-corrected chi connectivity index (χ2v) is 12.3. The Bertz CT molecular complexity index is 1300. The minimum atomic E-state index is -3.42. The highest BCUT2D eigenvalue weighted by Crippen LogP contribution is 2.38. The van der Waals surface area contributed by atoms with E-state index in [1.807, 2.05) is 36.4 Å². The second-order valence-electron chi connectivity index (χ2n) is 9.31. The number of nitrogens with zero attached hydrogens (tertiary/aromatic N) is 3. The molecule has 5 rings (SSSR count). The van der Waals surface area contributed by atoms with Crippen molar-refractivity contribution < 1.29 is 17.6 Å². The van der Waals surface area contributed by atoms with Gasteiger partial charge in [-0.05, 0) is 46.7 Å². The predicted molar refractivity (Wildman–Crippen MR) is 140 cm³/mol. The van der Waals surface area contributed by atoms with Crippen LogP contribution in [0.5, 0.6) is 0 Å². The molecule has 0 aliphatic carbocycles. The van der Waals surface area contributed by atoms with E-state index < -0.39 is 10.0 Å². The Morgan fingerprint density at radius 2 is 1.75 bits per heavy atom. The van der Waals surface area contributed by atoms with E-state index in [2.05, 4.69) is 16.3 Å². The molecule has 1 amide bonds. The lowest BCUT2D eigenvalue weighted by Gasteiger charge is -2.37. The molecular weight excluding hydrogens is 497 g/mol. The fourth-order valence-electron chi connectivity index (χ4n) is 5.17. The first-order valence-corrected chi connectivity index (χ1v) is 14.7. The summed E-state index contributed by atoms with van der Waals surface area (Å²) in [7, 11) is -3.42. The summed E-state index contributed by atoms with van der Waals surface area (Å²) in [6.07, 6.45) is 1.27. The van der Waals surface area contributed by atoms with Crippen molar-refractivity contribution >= 4 is 27.3 Å². The first kappa shape index (κ1) is 25.1. The van der Waals surface area contributed by atoms with E-state index in [1.165, 1.54) is 20.8 Å². The monoisotopic (exact) mass is 527 g/mol. The maximum Gasteiger partial charge on any atom is 0.223 e. The van der Waals surface area contributed by atoms with Crippen LogP contribution in [0, 0.1) is 5.82 Å². The van der Waals surface area contributed by atoms with Gasteiger partial charge in [0.05, 0.1) is 11.8 Å². The Labute approximate surface area is 216 Å². The zero-order valence-electron chi connectivity index (χ0n) is 20.1. The van der Waals surface area contributed by atoms with Crippen molar-refractivity contribution in [2.24, 2.45) is 0 Å². The molecule has 0 radical (unpaired) electrons. The normalized spacial score (nSPS) is 19.2. The number of hydrogen-bond donors (Lipinski definition) is 0. The van der Waals surface area contributed by atoms with Gasteiger partial charge in [-0.15, -0.1) is 11.3 Å². The molecule has 0 spiro atoms. The third-order valence-electron chi connectivity index (χ3n) is 7.02. The van der Waals surface area contributed by atoms with Crippen LogP contribution in [0.4, 0.5) is 4.39 Å². The van der Waals surface area contributed by atoms with Gasteiger partial charge in [0.15, 0.2) is 0 Å². The molecule has 0 bridgehead atoms. The van der Waals surface area contributed by atoms with Crippen LogP contribution in [0.25, 0.3) is 0 Å². The summed E-state index contributed by atoms with van der Waals surface area (Å²) in [5.74, 6) is -0.252. The van der Waals surface area contributed by atoms with Gasteiger partial charge in [0, 0.05) is 50.6 Å². The summed E-state index contributed by atoms with van der Waals surface area (Å²) in [5.41, 5.74) is 2.86. The maximum atomic E-state index is 14.0. The Morgan fingerprint density at radius 1 is 0.972 bits per heavy atom. The third kappa shape index (κ3) is 5.54. The van der Waals surface area contributed by atoms with Gasteiger partial charge in [-0.25, -0.2) is 12.8 Å². The van der Waals surface area contributed by atoms with Crippen molar-refractivity contribution in [1.82, 2.24) is 14.1 Å². The maximum absolute atomic E-state index is 14.0. The first-order chi connectivity index (χ1) is 17.4. The molecule has 0 N–H and O–H groups in total. The molecule has 0 saturated carbocycles. The molecule has 2 aliphatic rings. The van der Waals surface area contributed by atoms with Gasteiger partial charge in [0.25, 0.3) is 0 Å². The zero-order valence-corrected chi connectivity index (χ0v) is 21.7. The van der Waals surface area contributed by atoms with E-state index in [0.29, 0.717) is 39.1 Å². The van der Waals surface area contributed by atoms with Crippen LogP contribution in [0.1, 0.15) is 34.0 Å². The van der Waals surface area contributed by atoms with Crippen molar-refractivity contribution in [3.05, 3.63) is 93.4 Å². The Morgan fingerprint density at radius 3 is 2.50 bits per heavy atom. The number of fused-ring (bicyclic) bond motifs is 1. The van der Waals surface area contributed by atoms with Gasteiger partial charge in [-0.3, -0.25) is 9.69 Å². The number of halogens is 1. The van der Waals surface area contributed by atoms with Crippen molar-refractivity contribution in [2.45, 2.75) is 24.6 Å².